The van der Waals surface area contributed by atoms with E-state index in [2.05, 4.69) is 32.9 Å². The average Bonchev–Trinajstić information content (AvgIpc) is 2.46. The summed E-state index contributed by atoms with van der Waals surface area (Å²) in [5.41, 5.74) is 2.51. The van der Waals surface area contributed by atoms with Crippen molar-refractivity contribution in [2.24, 2.45) is 28.6 Å². The fourth-order valence-electron chi connectivity index (χ4n) is 5.59. The molecule has 2 nitrogen and oxygen atoms in total. The van der Waals surface area contributed by atoms with Gasteiger partial charge in [0.1, 0.15) is 0 Å². The number of carboxylic acids is 1. The zero-order valence-electron chi connectivity index (χ0n) is 15.4. The number of carbonyl (C=O) groups excluding carboxylic acids is 1. The Bertz CT molecular complexity index is 548. The summed E-state index contributed by atoms with van der Waals surface area (Å²) in [6.07, 6.45) is 11.0. The monoisotopic (exact) mass is 324 g/mol. The molecule has 4 atom stereocenters. The zero-order chi connectivity index (χ0) is 16.1. The van der Waals surface area contributed by atoms with E-state index < -0.39 is 11.4 Å². The van der Waals surface area contributed by atoms with Gasteiger partial charge in [-0.15, -0.1) is 0 Å². The van der Waals surface area contributed by atoms with E-state index in [1.165, 1.54) is 18.4 Å². The Hall–Kier alpha value is -0.0500. The molecule has 0 aromatic heterocycles. The van der Waals surface area contributed by atoms with Crippen LogP contribution in [0.1, 0.15) is 66.2 Å². The van der Waals surface area contributed by atoms with Crippen LogP contribution in [-0.4, -0.2) is 5.97 Å². The second-order valence-electron chi connectivity index (χ2n) is 8.52. The van der Waals surface area contributed by atoms with Crippen molar-refractivity contribution in [2.45, 2.75) is 66.2 Å². The molecule has 0 heterocycles. The van der Waals surface area contributed by atoms with Crippen molar-refractivity contribution in [3.63, 3.8) is 0 Å². The van der Waals surface area contributed by atoms with Crippen LogP contribution < -0.4 is 34.7 Å². The Morgan fingerprint density at radius 2 is 2.00 bits per heavy atom. The standard InChI is InChI=1S/C20H30O2.Na/c1-13(2)14-6-8-16-15(12-14)7-9-17-19(16,3)10-5-11-20(17,4)18(21)22;/h7,12-13,16-17H,5-6,8-11H2,1-4H3,(H,21,22);/q;+1/p-1/t16-,17+,19+,20-;/m1./s1. The van der Waals surface area contributed by atoms with Crippen LogP contribution in [0.15, 0.2) is 23.3 Å². The minimum Gasteiger partial charge on any atom is -0.550 e. The maximum Gasteiger partial charge on any atom is 1.00 e. The molecule has 0 saturated heterocycles. The van der Waals surface area contributed by atoms with Crippen molar-refractivity contribution < 1.29 is 39.5 Å². The summed E-state index contributed by atoms with van der Waals surface area (Å²) in [6.45, 7) is 8.83. The number of aliphatic carboxylic acids is 1. The number of carbonyl (C=O) groups is 1. The molecule has 0 N–H and O–H groups in total. The molecular formula is C20H29NaO2. The number of allylic oxidation sites excluding steroid dienone is 4. The normalized spacial score (nSPS) is 39.5. The van der Waals surface area contributed by atoms with Crippen molar-refractivity contribution in [3.8, 4) is 0 Å². The third-order valence-electron chi connectivity index (χ3n) is 7.05. The van der Waals surface area contributed by atoms with Crippen molar-refractivity contribution in [3.05, 3.63) is 23.3 Å². The van der Waals surface area contributed by atoms with E-state index in [1.54, 1.807) is 5.57 Å². The van der Waals surface area contributed by atoms with E-state index in [-0.39, 0.29) is 40.9 Å². The van der Waals surface area contributed by atoms with E-state index >= 15 is 0 Å². The zero-order valence-corrected chi connectivity index (χ0v) is 17.4. The largest absolute Gasteiger partial charge is 1.00 e. The van der Waals surface area contributed by atoms with E-state index in [4.69, 9.17) is 0 Å². The average molecular weight is 324 g/mol. The predicted octanol–water partition coefficient (Wildman–Crippen LogP) is 0.876. The Labute approximate surface area is 163 Å². The number of hydrogen-bond acceptors (Lipinski definition) is 2. The molecule has 0 bridgehead atoms. The Kier molecular flexibility index (Phi) is 5.61. The van der Waals surface area contributed by atoms with Crippen molar-refractivity contribution in [1.29, 1.82) is 0 Å². The summed E-state index contributed by atoms with van der Waals surface area (Å²) in [5, 5.41) is 11.8. The molecule has 3 rings (SSSR count). The molecule has 1 saturated carbocycles. The molecule has 0 radical (unpaired) electrons. The number of hydrogen-bond donors (Lipinski definition) is 0. The molecular weight excluding hydrogens is 295 g/mol. The van der Waals surface area contributed by atoms with Crippen LogP contribution in [0.3, 0.4) is 0 Å². The van der Waals surface area contributed by atoms with Crippen LogP contribution in [0.5, 0.6) is 0 Å². The maximum absolute atomic E-state index is 11.8. The van der Waals surface area contributed by atoms with Crippen LogP contribution in [0.4, 0.5) is 0 Å². The molecule has 122 valence electrons. The molecule has 3 heteroatoms. The molecule has 1 fully saturated rings. The Morgan fingerprint density at radius 1 is 1.30 bits per heavy atom. The second kappa shape index (κ2) is 6.69. The fourth-order valence-corrected chi connectivity index (χ4v) is 5.59. The third-order valence-corrected chi connectivity index (χ3v) is 7.05. The third kappa shape index (κ3) is 3.00. The minimum atomic E-state index is -0.838. The van der Waals surface area contributed by atoms with Crippen molar-refractivity contribution in [1.82, 2.24) is 0 Å². The van der Waals surface area contributed by atoms with Gasteiger partial charge >= 0.3 is 29.6 Å². The molecule has 0 unspecified atom stereocenters. The van der Waals surface area contributed by atoms with Gasteiger partial charge in [-0.2, -0.15) is 0 Å². The molecule has 23 heavy (non-hydrogen) atoms. The van der Waals surface area contributed by atoms with Gasteiger partial charge in [-0.25, -0.2) is 0 Å². The Balaban J connectivity index is 0.00000192. The van der Waals surface area contributed by atoms with E-state index in [9.17, 15) is 9.90 Å². The van der Waals surface area contributed by atoms with Gasteiger partial charge in [0.05, 0.1) is 0 Å². The molecule has 3 aliphatic carbocycles. The first-order valence-electron chi connectivity index (χ1n) is 8.91. The summed E-state index contributed by atoms with van der Waals surface area (Å²) >= 11 is 0. The van der Waals surface area contributed by atoms with Crippen LogP contribution in [0.25, 0.3) is 0 Å². The number of fused-ring (bicyclic) bond motifs is 3. The minimum absolute atomic E-state index is 0. The molecule has 0 amide bonds. The van der Waals surface area contributed by atoms with Gasteiger partial charge in [-0.05, 0) is 60.8 Å². The van der Waals surface area contributed by atoms with Gasteiger partial charge < -0.3 is 9.90 Å². The predicted molar refractivity (Wildman–Crippen MR) is 86.9 cm³/mol. The Morgan fingerprint density at radius 3 is 2.61 bits per heavy atom. The molecule has 0 aliphatic heterocycles. The molecule has 0 aromatic carbocycles. The van der Waals surface area contributed by atoms with Crippen LogP contribution >= 0.6 is 0 Å². The van der Waals surface area contributed by atoms with Gasteiger partial charge in [0.15, 0.2) is 0 Å². The topological polar surface area (TPSA) is 40.1 Å². The summed E-state index contributed by atoms with van der Waals surface area (Å²) in [4.78, 5) is 11.8. The SMILES string of the molecule is CC(C)C1=CC2=CC[C@H]3[C@@](C)(CCC[C@@]3(C)C(=O)[O-])[C@@H]2CC1.[Na+]. The molecule has 3 aliphatic rings. The quantitative estimate of drug-likeness (QED) is 0.708. The van der Waals surface area contributed by atoms with Gasteiger partial charge in [-0.1, -0.05) is 51.8 Å². The number of rotatable bonds is 2. The fraction of sp³-hybridized carbons (Fsp3) is 0.750. The summed E-state index contributed by atoms with van der Waals surface area (Å²) in [7, 11) is 0. The van der Waals surface area contributed by atoms with Gasteiger partial charge in [-0.3, -0.25) is 0 Å². The summed E-state index contributed by atoms with van der Waals surface area (Å²) in [5.74, 6) is 0.538. The first kappa shape index (κ1) is 19.3. The van der Waals surface area contributed by atoms with E-state index in [1.807, 2.05) is 6.92 Å². The summed E-state index contributed by atoms with van der Waals surface area (Å²) < 4.78 is 0. The van der Waals surface area contributed by atoms with Gasteiger partial charge in [0, 0.05) is 11.4 Å². The van der Waals surface area contributed by atoms with Gasteiger partial charge in [0.2, 0.25) is 0 Å². The number of carboxylic acid groups (broad SMARTS) is 1. The van der Waals surface area contributed by atoms with E-state index in [0.717, 1.165) is 25.7 Å². The van der Waals surface area contributed by atoms with E-state index in [0.29, 0.717) is 11.8 Å². The first-order chi connectivity index (χ1) is 10.3. The van der Waals surface area contributed by atoms with Crippen molar-refractivity contribution >= 4 is 5.97 Å². The van der Waals surface area contributed by atoms with Crippen LogP contribution in [0, 0.1) is 28.6 Å². The van der Waals surface area contributed by atoms with Crippen LogP contribution in [-0.2, 0) is 4.79 Å². The molecule has 0 aromatic rings. The van der Waals surface area contributed by atoms with Crippen LogP contribution in [0.2, 0.25) is 0 Å². The van der Waals surface area contributed by atoms with Gasteiger partial charge in [0.25, 0.3) is 0 Å². The summed E-state index contributed by atoms with van der Waals surface area (Å²) in [6, 6.07) is 0. The van der Waals surface area contributed by atoms with Crippen molar-refractivity contribution in [2.75, 3.05) is 0 Å². The second-order valence-corrected chi connectivity index (χ2v) is 8.52. The molecule has 0 spiro atoms. The maximum atomic E-state index is 11.8. The first-order valence-corrected chi connectivity index (χ1v) is 8.91. The smallest absolute Gasteiger partial charge is 0.550 e.